The lowest BCUT2D eigenvalue weighted by Crippen LogP contribution is -2.31. The van der Waals surface area contributed by atoms with Gasteiger partial charge in [0.15, 0.2) is 0 Å². The molecule has 5 heteroatoms. The van der Waals surface area contributed by atoms with Crippen LogP contribution in [0.4, 0.5) is 0 Å². The largest absolute Gasteiger partial charge is 0.497 e. The number of methoxy groups -OCH3 is 1. The molecule has 0 saturated carbocycles. The number of aryl methyl sites for hydroxylation is 1. The van der Waals surface area contributed by atoms with Crippen LogP contribution in [0.2, 0.25) is 0 Å². The summed E-state index contributed by atoms with van der Waals surface area (Å²) in [7, 11) is 1.65. The van der Waals surface area contributed by atoms with Gasteiger partial charge >= 0.3 is 0 Å². The first-order valence-electron chi connectivity index (χ1n) is 7.42. The third-order valence-corrected chi connectivity index (χ3v) is 4.01. The summed E-state index contributed by atoms with van der Waals surface area (Å²) in [4.78, 5) is 22.9. The second kappa shape index (κ2) is 6.13. The molecule has 1 amide bonds. The Morgan fingerprint density at radius 1 is 1.23 bits per heavy atom. The zero-order chi connectivity index (χ0) is 15.5. The van der Waals surface area contributed by atoms with Gasteiger partial charge in [0.2, 0.25) is 0 Å². The number of carbonyl (C=O) groups excluding carboxylic acids is 1. The molecule has 0 aliphatic carbocycles. The van der Waals surface area contributed by atoms with Crippen LogP contribution in [0.5, 0.6) is 5.75 Å². The Kier molecular flexibility index (Phi) is 4.04. The highest BCUT2D eigenvalue weighted by atomic mass is 16.5. The molecule has 2 aromatic rings. The maximum Gasteiger partial charge on any atom is 0.274 e. The van der Waals surface area contributed by atoms with Crippen molar-refractivity contribution >= 4 is 5.91 Å². The Hall–Kier alpha value is -2.43. The van der Waals surface area contributed by atoms with Gasteiger partial charge in [0.25, 0.3) is 5.91 Å². The molecule has 3 rings (SSSR count). The zero-order valence-electron chi connectivity index (χ0n) is 12.8. The minimum Gasteiger partial charge on any atom is -0.497 e. The van der Waals surface area contributed by atoms with E-state index < -0.39 is 0 Å². The molecule has 1 aliphatic heterocycles. The highest BCUT2D eigenvalue weighted by molar-refractivity contribution is 5.92. The maximum atomic E-state index is 12.7. The molecule has 0 spiro atoms. The van der Waals surface area contributed by atoms with Crippen molar-refractivity contribution in [3.8, 4) is 5.75 Å². The standard InChI is InChI=1S/C17H19N3O2/c1-12-10-19-15(11-18-12)17(21)20-9-3-4-16(20)13-5-7-14(22-2)8-6-13/h5-8,10-11,16H,3-4,9H2,1-2H3/t16-/m0/s1. The molecule has 1 aromatic carbocycles. The summed E-state index contributed by atoms with van der Waals surface area (Å²) in [5.74, 6) is 0.773. The number of amides is 1. The van der Waals surface area contributed by atoms with E-state index in [0.29, 0.717) is 5.69 Å². The Morgan fingerprint density at radius 2 is 2.00 bits per heavy atom. The summed E-state index contributed by atoms with van der Waals surface area (Å²) in [5, 5.41) is 0. The number of nitrogens with zero attached hydrogens (tertiary/aromatic N) is 3. The van der Waals surface area contributed by atoms with E-state index in [0.717, 1.165) is 36.4 Å². The number of likely N-dealkylation sites (tertiary alicyclic amines) is 1. The van der Waals surface area contributed by atoms with Crippen LogP contribution in [-0.2, 0) is 0 Å². The SMILES string of the molecule is COc1ccc([C@@H]2CCCN2C(=O)c2cnc(C)cn2)cc1. The summed E-state index contributed by atoms with van der Waals surface area (Å²) in [6.07, 6.45) is 5.16. The van der Waals surface area contributed by atoms with Crippen molar-refractivity contribution in [3.63, 3.8) is 0 Å². The van der Waals surface area contributed by atoms with Gasteiger partial charge in [0.1, 0.15) is 11.4 Å². The molecule has 1 aliphatic rings. The topological polar surface area (TPSA) is 55.3 Å². The van der Waals surface area contributed by atoms with E-state index >= 15 is 0 Å². The molecule has 0 unspecified atom stereocenters. The summed E-state index contributed by atoms with van der Waals surface area (Å²) in [6, 6.07) is 8.01. The molecule has 5 nitrogen and oxygen atoms in total. The Balaban J connectivity index is 1.82. The number of benzene rings is 1. The minimum atomic E-state index is -0.0502. The molecule has 0 radical (unpaired) electrons. The summed E-state index contributed by atoms with van der Waals surface area (Å²) in [6.45, 7) is 2.61. The van der Waals surface area contributed by atoms with Crippen LogP contribution in [0, 0.1) is 6.92 Å². The first-order valence-corrected chi connectivity index (χ1v) is 7.42. The van der Waals surface area contributed by atoms with E-state index in [4.69, 9.17) is 4.74 Å². The van der Waals surface area contributed by atoms with E-state index in [9.17, 15) is 4.79 Å². The highest BCUT2D eigenvalue weighted by Gasteiger charge is 2.31. The van der Waals surface area contributed by atoms with Gasteiger partial charge in [-0.1, -0.05) is 12.1 Å². The molecule has 0 bridgehead atoms. The molecular weight excluding hydrogens is 278 g/mol. The van der Waals surface area contributed by atoms with Gasteiger partial charge in [-0.25, -0.2) is 4.98 Å². The van der Waals surface area contributed by atoms with Gasteiger partial charge in [-0.15, -0.1) is 0 Å². The summed E-state index contributed by atoms with van der Waals surface area (Å²) >= 11 is 0. The fourth-order valence-electron chi connectivity index (χ4n) is 2.83. The van der Waals surface area contributed by atoms with Gasteiger partial charge in [-0.05, 0) is 37.5 Å². The smallest absolute Gasteiger partial charge is 0.274 e. The van der Waals surface area contributed by atoms with E-state index in [1.54, 1.807) is 19.5 Å². The predicted molar refractivity (Wildman–Crippen MR) is 82.8 cm³/mol. The van der Waals surface area contributed by atoms with Crippen molar-refractivity contribution < 1.29 is 9.53 Å². The Bertz CT molecular complexity index is 653. The molecular formula is C17H19N3O2. The van der Waals surface area contributed by atoms with Crippen molar-refractivity contribution in [2.75, 3.05) is 13.7 Å². The van der Waals surface area contributed by atoms with Crippen LogP contribution in [0.3, 0.4) is 0 Å². The second-order valence-corrected chi connectivity index (χ2v) is 5.47. The van der Waals surface area contributed by atoms with Crippen LogP contribution in [0.15, 0.2) is 36.7 Å². The molecule has 1 fully saturated rings. The average Bonchev–Trinajstić information content (AvgIpc) is 3.04. The third kappa shape index (κ3) is 2.79. The van der Waals surface area contributed by atoms with Crippen molar-refractivity contribution in [1.82, 2.24) is 14.9 Å². The van der Waals surface area contributed by atoms with Gasteiger partial charge < -0.3 is 9.64 Å². The lowest BCUT2D eigenvalue weighted by atomic mass is 10.0. The van der Waals surface area contributed by atoms with Crippen molar-refractivity contribution in [1.29, 1.82) is 0 Å². The van der Waals surface area contributed by atoms with E-state index in [1.807, 2.05) is 36.1 Å². The van der Waals surface area contributed by atoms with Crippen LogP contribution >= 0.6 is 0 Å². The number of ether oxygens (including phenoxy) is 1. The molecule has 114 valence electrons. The van der Waals surface area contributed by atoms with Crippen LogP contribution in [-0.4, -0.2) is 34.4 Å². The van der Waals surface area contributed by atoms with Gasteiger partial charge in [0.05, 0.1) is 25.0 Å². The lowest BCUT2D eigenvalue weighted by molar-refractivity contribution is 0.0729. The average molecular weight is 297 g/mol. The molecule has 1 atom stereocenters. The van der Waals surface area contributed by atoms with Crippen LogP contribution < -0.4 is 4.74 Å². The number of hydrogen-bond acceptors (Lipinski definition) is 4. The number of carbonyl (C=O) groups is 1. The summed E-state index contributed by atoms with van der Waals surface area (Å²) in [5.41, 5.74) is 2.35. The number of rotatable bonds is 3. The summed E-state index contributed by atoms with van der Waals surface area (Å²) < 4.78 is 5.19. The molecule has 1 saturated heterocycles. The van der Waals surface area contributed by atoms with Gasteiger partial charge in [-0.2, -0.15) is 0 Å². The quantitative estimate of drug-likeness (QED) is 0.874. The van der Waals surface area contributed by atoms with E-state index in [1.165, 1.54) is 0 Å². The number of aromatic nitrogens is 2. The predicted octanol–water partition coefficient (Wildman–Crippen LogP) is 2.77. The third-order valence-electron chi connectivity index (χ3n) is 4.01. The minimum absolute atomic E-state index is 0.0502. The fourth-order valence-corrected chi connectivity index (χ4v) is 2.83. The first-order chi connectivity index (χ1) is 10.7. The maximum absolute atomic E-state index is 12.7. The van der Waals surface area contributed by atoms with Crippen LogP contribution in [0.1, 0.15) is 40.6 Å². The number of hydrogen-bond donors (Lipinski definition) is 0. The van der Waals surface area contributed by atoms with E-state index in [-0.39, 0.29) is 11.9 Å². The van der Waals surface area contributed by atoms with Gasteiger partial charge in [-0.3, -0.25) is 9.78 Å². The van der Waals surface area contributed by atoms with E-state index in [2.05, 4.69) is 9.97 Å². The molecule has 0 N–H and O–H groups in total. The van der Waals surface area contributed by atoms with Gasteiger partial charge in [0, 0.05) is 12.7 Å². The van der Waals surface area contributed by atoms with Crippen molar-refractivity contribution in [2.24, 2.45) is 0 Å². The lowest BCUT2D eigenvalue weighted by Gasteiger charge is -2.24. The normalized spacial score (nSPS) is 17.5. The Labute approximate surface area is 130 Å². The first kappa shape index (κ1) is 14.5. The van der Waals surface area contributed by atoms with Crippen LogP contribution in [0.25, 0.3) is 0 Å². The van der Waals surface area contributed by atoms with Crippen molar-refractivity contribution in [2.45, 2.75) is 25.8 Å². The van der Waals surface area contributed by atoms with Crippen molar-refractivity contribution in [3.05, 3.63) is 53.6 Å². The Morgan fingerprint density at radius 3 is 2.64 bits per heavy atom. The molecule has 1 aromatic heterocycles. The molecule has 22 heavy (non-hydrogen) atoms. The highest BCUT2D eigenvalue weighted by Crippen LogP contribution is 2.33. The molecule has 2 heterocycles. The zero-order valence-corrected chi connectivity index (χ0v) is 12.8. The fraction of sp³-hybridized carbons (Fsp3) is 0.353. The monoisotopic (exact) mass is 297 g/mol. The second-order valence-electron chi connectivity index (χ2n) is 5.47.